The zero-order valence-corrected chi connectivity index (χ0v) is 13.6. The lowest BCUT2D eigenvalue weighted by Crippen LogP contribution is -2.28. The van der Waals surface area contributed by atoms with Crippen LogP contribution in [0.3, 0.4) is 0 Å². The van der Waals surface area contributed by atoms with Gasteiger partial charge in [0.25, 0.3) is 0 Å². The van der Waals surface area contributed by atoms with Gasteiger partial charge in [-0.2, -0.15) is 0 Å². The molecule has 1 aliphatic heterocycles. The highest BCUT2D eigenvalue weighted by molar-refractivity contribution is 5.79. The fourth-order valence-electron chi connectivity index (χ4n) is 3.24. The Hall–Kier alpha value is -2.13. The summed E-state index contributed by atoms with van der Waals surface area (Å²) in [6, 6.07) is 18.8. The highest BCUT2D eigenvalue weighted by Crippen LogP contribution is 2.31. The summed E-state index contributed by atoms with van der Waals surface area (Å²) < 4.78 is 5.24. The van der Waals surface area contributed by atoms with Crippen molar-refractivity contribution < 1.29 is 9.53 Å². The number of likely N-dealkylation sites (tertiary alicyclic amines) is 1. The molecule has 0 spiro atoms. The molecule has 0 bridgehead atoms. The first kappa shape index (κ1) is 15.8. The lowest BCUT2D eigenvalue weighted by atomic mass is 9.99. The third-order valence-electron chi connectivity index (χ3n) is 4.49. The van der Waals surface area contributed by atoms with Gasteiger partial charge in [0.2, 0.25) is 0 Å². The maximum Gasteiger partial charge on any atom is 0.134 e. The number of methoxy groups -OCH3 is 1. The molecule has 0 amide bonds. The minimum Gasteiger partial charge on any atom is -0.497 e. The molecular weight excluding hydrogens is 286 g/mol. The Balaban J connectivity index is 1.85. The van der Waals surface area contributed by atoms with Gasteiger partial charge in [0.15, 0.2) is 0 Å². The van der Waals surface area contributed by atoms with Crippen LogP contribution in [0.4, 0.5) is 0 Å². The zero-order chi connectivity index (χ0) is 16.1. The molecule has 3 rings (SSSR count). The maximum atomic E-state index is 12.1. The molecule has 0 radical (unpaired) electrons. The van der Waals surface area contributed by atoms with E-state index < -0.39 is 0 Å². The van der Waals surface area contributed by atoms with Crippen molar-refractivity contribution in [3.8, 4) is 5.75 Å². The van der Waals surface area contributed by atoms with Crippen LogP contribution in [-0.2, 0) is 11.3 Å². The SMILES string of the molecule is COc1ccc(C2CC(=O)CCCN2Cc2ccccc2)cc1. The van der Waals surface area contributed by atoms with Gasteiger partial charge in [0.1, 0.15) is 11.5 Å². The molecule has 0 N–H and O–H groups in total. The number of hydrogen-bond donors (Lipinski definition) is 0. The molecule has 3 nitrogen and oxygen atoms in total. The second kappa shape index (κ2) is 7.42. The van der Waals surface area contributed by atoms with Crippen molar-refractivity contribution in [1.29, 1.82) is 0 Å². The number of carbonyl (C=O) groups is 1. The van der Waals surface area contributed by atoms with Crippen molar-refractivity contribution in [2.45, 2.75) is 31.8 Å². The van der Waals surface area contributed by atoms with Crippen LogP contribution in [0, 0.1) is 0 Å². The standard InChI is InChI=1S/C20H23NO2/c1-23-19-11-9-17(10-12-19)20-14-18(22)8-5-13-21(20)15-16-6-3-2-4-7-16/h2-4,6-7,9-12,20H,5,8,13-15H2,1H3. The first-order chi connectivity index (χ1) is 11.3. The van der Waals surface area contributed by atoms with Crippen LogP contribution in [0.5, 0.6) is 5.75 Å². The number of carbonyl (C=O) groups excluding carboxylic acids is 1. The molecule has 1 aliphatic rings. The van der Waals surface area contributed by atoms with Crippen LogP contribution in [0.1, 0.15) is 36.4 Å². The number of hydrogen-bond acceptors (Lipinski definition) is 3. The van der Waals surface area contributed by atoms with Gasteiger partial charge in [-0.05, 0) is 36.2 Å². The quantitative estimate of drug-likeness (QED) is 0.855. The molecule has 1 fully saturated rings. The smallest absolute Gasteiger partial charge is 0.134 e. The Morgan fingerprint density at radius 1 is 1.09 bits per heavy atom. The fourth-order valence-corrected chi connectivity index (χ4v) is 3.24. The molecule has 3 heteroatoms. The first-order valence-electron chi connectivity index (χ1n) is 8.20. The van der Waals surface area contributed by atoms with E-state index in [9.17, 15) is 4.79 Å². The Kier molecular flexibility index (Phi) is 5.09. The molecule has 2 aromatic carbocycles. The van der Waals surface area contributed by atoms with E-state index in [4.69, 9.17) is 4.74 Å². The highest BCUT2D eigenvalue weighted by atomic mass is 16.5. The second-order valence-electron chi connectivity index (χ2n) is 6.09. The number of ketones is 1. The van der Waals surface area contributed by atoms with Crippen molar-refractivity contribution in [2.24, 2.45) is 0 Å². The van der Waals surface area contributed by atoms with E-state index in [0.717, 1.165) is 25.3 Å². The van der Waals surface area contributed by atoms with Gasteiger partial charge in [-0.1, -0.05) is 42.5 Å². The predicted molar refractivity (Wildman–Crippen MR) is 91.4 cm³/mol. The molecule has 23 heavy (non-hydrogen) atoms. The van der Waals surface area contributed by atoms with Crippen LogP contribution in [0.2, 0.25) is 0 Å². The van der Waals surface area contributed by atoms with Gasteiger partial charge in [0, 0.05) is 25.4 Å². The fraction of sp³-hybridized carbons (Fsp3) is 0.350. The van der Waals surface area contributed by atoms with Gasteiger partial charge in [-0.3, -0.25) is 9.69 Å². The van der Waals surface area contributed by atoms with Crippen LogP contribution in [0.15, 0.2) is 54.6 Å². The Bertz CT molecular complexity index is 636. The van der Waals surface area contributed by atoms with Crippen molar-refractivity contribution in [3.05, 3.63) is 65.7 Å². The Morgan fingerprint density at radius 2 is 1.83 bits per heavy atom. The Labute approximate surface area is 137 Å². The van der Waals surface area contributed by atoms with Gasteiger partial charge in [-0.15, -0.1) is 0 Å². The summed E-state index contributed by atoms with van der Waals surface area (Å²) in [6.45, 7) is 1.84. The summed E-state index contributed by atoms with van der Waals surface area (Å²) in [5.41, 5.74) is 2.48. The number of rotatable bonds is 4. The molecule has 0 aliphatic carbocycles. The molecule has 1 heterocycles. The van der Waals surface area contributed by atoms with Crippen LogP contribution in [-0.4, -0.2) is 24.3 Å². The number of nitrogens with zero attached hydrogens (tertiary/aromatic N) is 1. The van der Waals surface area contributed by atoms with E-state index >= 15 is 0 Å². The minimum atomic E-state index is 0.149. The lowest BCUT2D eigenvalue weighted by Gasteiger charge is -2.30. The average Bonchev–Trinajstić information content (AvgIpc) is 2.77. The summed E-state index contributed by atoms with van der Waals surface area (Å²) in [5.74, 6) is 1.21. The van der Waals surface area contributed by atoms with E-state index in [1.165, 1.54) is 11.1 Å². The number of benzene rings is 2. The molecule has 2 aromatic rings. The third-order valence-corrected chi connectivity index (χ3v) is 4.49. The third kappa shape index (κ3) is 3.99. The number of Topliss-reactive ketones (excluding diaryl/α,β-unsaturated/α-hetero) is 1. The average molecular weight is 309 g/mol. The monoisotopic (exact) mass is 309 g/mol. The van der Waals surface area contributed by atoms with Gasteiger partial charge < -0.3 is 4.74 Å². The van der Waals surface area contributed by atoms with Crippen LogP contribution >= 0.6 is 0 Å². The van der Waals surface area contributed by atoms with Crippen molar-refractivity contribution >= 4 is 5.78 Å². The Morgan fingerprint density at radius 3 is 2.52 bits per heavy atom. The van der Waals surface area contributed by atoms with Crippen LogP contribution < -0.4 is 4.74 Å². The van der Waals surface area contributed by atoms with E-state index in [0.29, 0.717) is 18.6 Å². The number of ether oxygens (including phenoxy) is 1. The zero-order valence-electron chi connectivity index (χ0n) is 13.6. The van der Waals surface area contributed by atoms with Crippen LogP contribution in [0.25, 0.3) is 0 Å². The summed E-state index contributed by atoms with van der Waals surface area (Å²) in [5, 5.41) is 0. The highest BCUT2D eigenvalue weighted by Gasteiger charge is 2.26. The van der Waals surface area contributed by atoms with Crippen molar-refractivity contribution in [2.75, 3.05) is 13.7 Å². The van der Waals surface area contributed by atoms with Gasteiger partial charge in [-0.25, -0.2) is 0 Å². The molecule has 1 unspecified atom stereocenters. The summed E-state index contributed by atoms with van der Waals surface area (Å²) in [7, 11) is 1.67. The molecule has 120 valence electrons. The minimum absolute atomic E-state index is 0.149. The largest absolute Gasteiger partial charge is 0.497 e. The summed E-state index contributed by atoms with van der Waals surface area (Å²) in [4.78, 5) is 14.6. The molecule has 0 aromatic heterocycles. The molecular formula is C20H23NO2. The topological polar surface area (TPSA) is 29.5 Å². The van der Waals surface area contributed by atoms with Crippen molar-refractivity contribution in [1.82, 2.24) is 4.90 Å². The second-order valence-corrected chi connectivity index (χ2v) is 6.09. The van der Waals surface area contributed by atoms with Crippen molar-refractivity contribution in [3.63, 3.8) is 0 Å². The van der Waals surface area contributed by atoms with E-state index in [2.05, 4.69) is 41.3 Å². The van der Waals surface area contributed by atoms with Gasteiger partial charge in [0.05, 0.1) is 7.11 Å². The molecule has 1 saturated heterocycles. The summed E-state index contributed by atoms with van der Waals surface area (Å²) in [6.07, 6.45) is 2.23. The lowest BCUT2D eigenvalue weighted by molar-refractivity contribution is -0.119. The first-order valence-corrected chi connectivity index (χ1v) is 8.20. The van der Waals surface area contributed by atoms with E-state index in [1.807, 2.05) is 18.2 Å². The predicted octanol–water partition coefficient (Wildman–Crippen LogP) is 3.99. The summed E-state index contributed by atoms with van der Waals surface area (Å²) >= 11 is 0. The molecule has 1 atom stereocenters. The van der Waals surface area contributed by atoms with E-state index in [-0.39, 0.29) is 6.04 Å². The van der Waals surface area contributed by atoms with Gasteiger partial charge >= 0.3 is 0 Å². The van der Waals surface area contributed by atoms with E-state index in [1.54, 1.807) is 7.11 Å². The maximum absolute atomic E-state index is 12.1. The normalized spacial score (nSPS) is 19.3. The molecule has 0 saturated carbocycles.